The first-order valence-electron chi connectivity index (χ1n) is 6.23. The maximum atomic E-state index is 11.7. The van der Waals surface area contributed by atoms with Gasteiger partial charge in [0.2, 0.25) is 10.0 Å². The van der Waals surface area contributed by atoms with Gasteiger partial charge in [-0.25, -0.2) is 13.1 Å². The first-order valence-corrected chi connectivity index (χ1v) is 9.28. The highest BCUT2D eigenvalue weighted by atomic mass is 32.2. The second-order valence-electron chi connectivity index (χ2n) is 4.81. The van der Waals surface area contributed by atoms with Crippen LogP contribution in [0.4, 0.5) is 0 Å². The van der Waals surface area contributed by atoms with Gasteiger partial charge in [0.25, 0.3) is 0 Å². The summed E-state index contributed by atoms with van der Waals surface area (Å²) < 4.78 is 26.0. The summed E-state index contributed by atoms with van der Waals surface area (Å²) in [6.07, 6.45) is 5.23. The van der Waals surface area contributed by atoms with Crippen molar-refractivity contribution in [2.75, 3.05) is 30.9 Å². The second kappa shape index (κ2) is 7.61. The normalized spacial score (nSPS) is 18.2. The van der Waals surface area contributed by atoms with E-state index < -0.39 is 10.0 Å². The highest BCUT2D eigenvalue weighted by Crippen LogP contribution is 2.18. The van der Waals surface area contributed by atoms with Gasteiger partial charge in [0.15, 0.2) is 0 Å². The van der Waals surface area contributed by atoms with E-state index in [1.54, 1.807) is 11.8 Å². The Morgan fingerprint density at radius 1 is 1.41 bits per heavy atom. The zero-order valence-corrected chi connectivity index (χ0v) is 12.4. The number of sulfonamides is 1. The summed E-state index contributed by atoms with van der Waals surface area (Å²) in [4.78, 5) is 0. The Balaban J connectivity index is 2.07. The molecule has 0 bridgehead atoms. The Labute approximate surface area is 109 Å². The fraction of sp³-hybridized carbons (Fsp3) is 1.00. The average Bonchev–Trinajstić information content (AvgIpc) is 3.06. The van der Waals surface area contributed by atoms with Crippen molar-refractivity contribution in [3.05, 3.63) is 0 Å². The summed E-state index contributed by atoms with van der Waals surface area (Å²) in [7, 11) is -3.07. The highest BCUT2D eigenvalue weighted by molar-refractivity contribution is 7.98. The largest absolute Gasteiger partial charge is 0.314 e. The molecule has 0 heterocycles. The minimum Gasteiger partial charge on any atom is -0.314 e. The molecule has 0 aliphatic heterocycles. The van der Waals surface area contributed by atoms with Crippen molar-refractivity contribution < 1.29 is 8.42 Å². The molecule has 1 unspecified atom stereocenters. The van der Waals surface area contributed by atoms with Crippen molar-refractivity contribution in [3.8, 4) is 0 Å². The van der Waals surface area contributed by atoms with Crippen LogP contribution in [-0.4, -0.2) is 45.3 Å². The van der Waals surface area contributed by atoms with E-state index in [0.717, 1.165) is 12.3 Å². The number of rotatable bonds is 10. The molecule has 0 spiro atoms. The van der Waals surface area contributed by atoms with Crippen LogP contribution in [0.15, 0.2) is 0 Å². The van der Waals surface area contributed by atoms with Crippen molar-refractivity contribution in [2.45, 2.75) is 32.2 Å². The third-order valence-corrected chi connectivity index (χ3v) is 5.04. The number of thioether (sulfide) groups is 1. The first kappa shape index (κ1) is 15.3. The van der Waals surface area contributed by atoms with Crippen LogP contribution >= 0.6 is 11.8 Å². The van der Waals surface area contributed by atoms with E-state index in [0.29, 0.717) is 24.9 Å². The molecular formula is C11H24N2O2S2. The predicted molar refractivity (Wildman–Crippen MR) is 75.0 cm³/mol. The van der Waals surface area contributed by atoms with E-state index >= 15 is 0 Å². The standard InChI is InChI=1S/C11H24N2O2S2/c1-10(9-16-2)8-13-17(14,15)7-3-6-12-11-4-5-11/h10-13H,3-9H2,1-2H3. The molecule has 1 fully saturated rings. The Kier molecular flexibility index (Phi) is 6.84. The molecular weight excluding hydrogens is 256 g/mol. The van der Waals surface area contributed by atoms with Crippen LogP contribution in [-0.2, 0) is 10.0 Å². The molecule has 1 saturated carbocycles. The van der Waals surface area contributed by atoms with Gasteiger partial charge in [-0.15, -0.1) is 0 Å². The van der Waals surface area contributed by atoms with Crippen LogP contribution < -0.4 is 10.0 Å². The van der Waals surface area contributed by atoms with Gasteiger partial charge in [0.1, 0.15) is 0 Å². The fourth-order valence-corrected chi connectivity index (χ4v) is 3.43. The molecule has 0 saturated heterocycles. The molecule has 0 radical (unpaired) electrons. The molecule has 0 aromatic heterocycles. The quantitative estimate of drug-likeness (QED) is 0.587. The van der Waals surface area contributed by atoms with Crippen LogP contribution in [0.2, 0.25) is 0 Å². The van der Waals surface area contributed by atoms with Crippen molar-refractivity contribution in [2.24, 2.45) is 5.92 Å². The summed E-state index contributed by atoms with van der Waals surface area (Å²) >= 11 is 1.75. The first-order chi connectivity index (χ1) is 8.03. The number of hydrogen-bond acceptors (Lipinski definition) is 4. The smallest absolute Gasteiger partial charge is 0.211 e. The van der Waals surface area contributed by atoms with Crippen molar-refractivity contribution in [3.63, 3.8) is 0 Å². The molecule has 2 N–H and O–H groups in total. The molecule has 102 valence electrons. The topological polar surface area (TPSA) is 58.2 Å². The van der Waals surface area contributed by atoms with E-state index in [1.165, 1.54) is 12.8 Å². The van der Waals surface area contributed by atoms with Gasteiger partial charge >= 0.3 is 0 Å². The number of nitrogens with one attached hydrogen (secondary N) is 2. The average molecular weight is 280 g/mol. The third kappa shape index (κ3) is 8.02. The van der Waals surface area contributed by atoms with Crippen LogP contribution in [0.5, 0.6) is 0 Å². The van der Waals surface area contributed by atoms with Gasteiger partial charge in [-0.3, -0.25) is 0 Å². The van der Waals surface area contributed by atoms with Gasteiger partial charge in [-0.2, -0.15) is 11.8 Å². The van der Waals surface area contributed by atoms with Crippen LogP contribution in [0, 0.1) is 5.92 Å². The molecule has 1 aliphatic rings. The lowest BCUT2D eigenvalue weighted by atomic mass is 10.2. The summed E-state index contributed by atoms with van der Waals surface area (Å²) in [5, 5.41) is 3.32. The van der Waals surface area contributed by atoms with E-state index in [1.807, 2.05) is 6.26 Å². The fourth-order valence-electron chi connectivity index (χ4n) is 1.54. The van der Waals surface area contributed by atoms with Gasteiger partial charge in [-0.1, -0.05) is 6.92 Å². The highest BCUT2D eigenvalue weighted by Gasteiger charge is 2.20. The summed E-state index contributed by atoms with van der Waals surface area (Å²) in [5.41, 5.74) is 0. The Hall–Kier alpha value is 0.220. The predicted octanol–water partition coefficient (Wildman–Crippen LogP) is 1.05. The van der Waals surface area contributed by atoms with E-state index in [2.05, 4.69) is 17.0 Å². The molecule has 17 heavy (non-hydrogen) atoms. The number of hydrogen-bond donors (Lipinski definition) is 2. The monoisotopic (exact) mass is 280 g/mol. The Bertz CT molecular complexity index is 303. The van der Waals surface area contributed by atoms with Crippen molar-refractivity contribution >= 4 is 21.8 Å². The lowest BCUT2D eigenvalue weighted by Gasteiger charge is -2.11. The Morgan fingerprint density at radius 2 is 2.12 bits per heavy atom. The molecule has 0 aromatic carbocycles. The van der Waals surface area contributed by atoms with E-state index in [9.17, 15) is 8.42 Å². The minimum absolute atomic E-state index is 0.235. The van der Waals surface area contributed by atoms with Gasteiger partial charge < -0.3 is 5.32 Å². The van der Waals surface area contributed by atoms with Gasteiger partial charge in [-0.05, 0) is 43.7 Å². The summed E-state index contributed by atoms with van der Waals surface area (Å²) in [5.74, 6) is 1.62. The molecule has 1 rings (SSSR count). The molecule has 6 heteroatoms. The van der Waals surface area contributed by atoms with E-state index in [-0.39, 0.29) is 5.75 Å². The molecule has 1 aliphatic carbocycles. The molecule has 1 atom stereocenters. The van der Waals surface area contributed by atoms with Gasteiger partial charge in [0, 0.05) is 12.6 Å². The third-order valence-electron chi connectivity index (χ3n) is 2.70. The second-order valence-corrected chi connectivity index (χ2v) is 7.65. The maximum Gasteiger partial charge on any atom is 0.211 e. The lowest BCUT2D eigenvalue weighted by molar-refractivity contribution is 0.557. The maximum absolute atomic E-state index is 11.7. The van der Waals surface area contributed by atoms with Crippen molar-refractivity contribution in [1.82, 2.24) is 10.0 Å². The van der Waals surface area contributed by atoms with Crippen LogP contribution in [0.3, 0.4) is 0 Å². The minimum atomic E-state index is -3.07. The Morgan fingerprint density at radius 3 is 2.71 bits per heavy atom. The summed E-state index contributed by atoms with van der Waals surface area (Å²) in [6.45, 7) is 3.43. The van der Waals surface area contributed by atoms with Crippen LogP contribution in [0.1, 0.15) is 26.2 Å². The molecule has 0 aromatic rings. The zero-order valence-electron chi connectivity index (χ0n) is 10.7. The summed E-state index contributed by atoms with van der Waals surface area (Å²) in [6, 6.07) is 0.660. The lowest BCUT2D eigenvalue weighted by Crippen LogP contribution is -2.32. The van der Waals surface area contributed by atoms with E-state index in [4.69, 9.17) is 0 Å². The van der Waals surface area contributed by atoms with Gasteiger partial charge in [0.05, 0.1) is 5.75 Å². The van der Waals surface area contributed by atoms with Crippen LogP contribution in [0.25, 0.3) is 0 Å². The molecule has 4 nitrogen and oxygen atoms in total. The van der Waals surface area contributed by atoms with Crippen molar-refractivity contribution in [1.29, 1.82) is 0 Å². The zero-order chi connectivity index (χ0) is 12.7. The molecule has 0 amide bonds. The SMILES string of the molecule is CSCC(C)CNS(=O)(=O)CCCNC1CC1.